The highest BCUT2D eigenvalue weighted by Crippen LogP contribution is 2.42. The summed E-state index contributed by atoms with van der Waals surface area (Å²) in [6.45, 7) is 5.89. The normalized spacial score (nSPS) is 30.5. The number of nitrogens with two attached hydrogens (primary N) is 1. The highest BCUT2D eigenvalue weighted by atomic mass is 35.5. The van der Waals surface area contributed by atoms with Gasteiger partial charge in [-0.05, 0) is 74.6 Å². The lowest BCUT2D eigenvalue weighted by atomic mass is 9.65. The predicted octanol–water partition coefficient (Wildman–Crippen LogP) is 4.25. The zero-order chi connectivity index (χ0) is 19.0. The van der Waals surface area contributed by atoms with Crippen LogP contribution >= 0.6 is 12.4 Å². The molecule has 0 aromatic heterocycles. The van der Waals surface area contributed by atoms with Gasteiger partial charge in [-0.2, -0.15) is 0 Å². The first-order valence-electron chi connectivity index (χ1n) is 10.8. The number of piperidine rings is 1. The van der Waals surface area contributed by atoms with E-state index >= 15 is 0 Å². The van der Waals surface area contributed by atoms with Crippen molar-refractivity contribution in [3.63, 3.8) is 0 Å². The Morgan fingerprint density at radius 1 is 1.04 bits per heavy atom. The number of hydrogen-bond acceptors (Lipinski definition) is 3. The van der Waals surface area contributed by atoms with Crippen LogP contribution in [0, 0.1) is 31.6 Å². The zero-order valence-corrected chi connectivity index (χ0v) is 18.0. The maximum Gasteiger partial charge on any atom is 0.225 e. The number of carbonyl (C=O) groups excluding carboxylic acids is 1. The number of likely N-dealkylation sites (tertiary alicyclic amines) is 1. The van der Waals surface area contributed by atoms with Crippen molar-refractivity contribution in [1.29, 1.82) is 0 Å². The molecule has 5 heteroatoms. The summed E-state index contributed by atoms with van der Waals surface area (Å²) in [7, 11) is 0. The van der Waals surface area contributed by atoms with Crippen LogP contribution in [0.25, 0.3) is 0 Å². The Bertz CT molecular complexity index is 673. The van der Waals surface area contributed by atoms with Gasteiger partial charge in [0.05, 0.1) is 0 Å². The Morgan fingerprint density at radius 3 is 2.29 bits per heavy atom. The van der Waals surface area contributed by atoms with E-state index < -0.39 is 0 Å². The summed E-state index contributed by atoms with van der Waals surface area (Å²) in [5, 5.41) is 0. The van der Waals surface area contributed by atoms with E-state index in [1.165, 1.54) is 30.4 Å². The van der Waals surface area contributed by atoms with Crippen LogP contribution in [0.15, 0.2) is 18.2 Å². The predicted molar refractivity (Wildman–Crippen MR) is 115 cm³/mol. The van der Waals surface area contributed by atoms with Crippen LogP contribution in [-0.2, 0) is 4.79 Å². The third kappa shape index (κ3) is 4.49. The molecular weight excluding hydrogens is 372 g/mol. The molecule has 4 rings (SSSR count). The molecule has 2 unspecified atom stereocenters. The van der Waals surface area contributed by atoms with Gasteiger partial charge in [-0.25, -0.2) is 0 Å². The van der Waals surface area contributed by atoms with E-state index in [2.05, 4.69) is 36.9 Å². The topological polar surface area (TPSA) is 55.6 Å². The minimum atomic E-state index is 0. The summed E-state index contributed by atoms with van der Waals surface area (Å²) >= 11 is 0. The average molecular weight is 407 g/mol. The molecule has 1 amide bonds. The monoisotopic (exact) mass is 406 g/mol. The van der Waals surface area contributed by atoms with E-state index in [1.54, 1.807) is 0 Å². The van der Waals surface area contributed by atoms with E-state index in [1.807, 2.05) is 0 Å². The van der Waals surface area contributed by atoms with Crippen LogP contribution in [0.4, 0.5) is 0 Å². The summed E-state index contributed by atoms with van der Waals surface area (Å²) in [6.07, 6.45) is 7.82. The summed E-state index contributed by atoms with van der Waals surface area (Å²) in [4.78, 5) is 15.2. The third-order valence-electron chi connectivity index (χ3n) is 7.30. The fourth-order valence-corrected chi connectivity index (χ4v) is 5.42. The lowest BCUT2D eigenvalue weighted by Crippen LogP contribution is -2.51. The molecule has 1 saturated heterocycles. The summed E-state index contributed by atoms with van der Waals surface area (Å²) < 4.78 is 6.18. The van der Waals surface area contributed by atoms with Crippen molar-refractivity contribution < 1.29 is 9.53 Å². The smallest absolute Gasteiger partial charge is 0.225 e. The number of carbonyl (C=O) groups is 1. The summed E-state index contributed by atoms with van der Waals surface area (Å²) in [6, 6.07) is 6.63. The Hall–Kier alpha value is -1.26. The number of hydrogen-bond donors (Lipinski definition) is 1. The van der Waals surface area contributed by atoms with Gasteiger partial charge in [-0.1, -0.05) is 12.5 Å². The van der Waals surface area contributed by atoms with Crippen molar-refractivity contribution in [2.45, 2.75) is 70.9 Å². The minimum Gasteiger partial charge on any atom is -0.490 e. The van der Waals surface area contributed by atoms with E-state index in [9.17, 15) is 4.79 Å². The molecule has 1 heterocycles. The molecule has 1 aromatic rings. The van der Waals surface area contributed by atoms with Gasteiger partial charge in [0.25, 0.3) is 0 Å². The Balaban J connectivity index is 0.00000225. The van der Waals surface area contributed by atoms with Crippen molar-refractivity contribution in [3.8, 4) is 5.75 Å². The third-order valence-corrected chi connectivity index (χ3v) is 7.30. The number of rotatable bonds is 3. The summed E-state index contributed by atoms with van der Waals surface area (Å²) in [5.74, 6) is 2.67. The molecule has 1 aliphatic heterocycles. The number of amides is 1. The maximum atomic E-state index is 13.1. The number of fused-ring (bicyclic) bond motifs is 2. The fraction of sp³-hybridized carbons (Fsp3) is 0.696. The van der Waals surface area contributed by atoms with Gasteiger partial charge in [0, 0.05) is 37.9 Å². The Kier molecular flexibility index (Phi) is 6.93. The van der Waals surface area contributed by atoms with Gasteiger partial charge >= 0.3 is 0 Å². The second-order valence-electron chi connectivity index (χ2n) is 9.09. The highest BCUT2D eigenvalue weighted by molar-refractivity contribution is 5.85. The molecule has 28 heavy (non-hydrogen) atoms. The van der Waals surface area contributed by atoms with Gasteiger partial charge in [0.1, 0.15) is 11.9 Å². The first-order valence-corrected chi connectivity index (χ1v) is 10.8. The van der Waals surface area contributed by atoms with Crippen LogP contribution < -0.4 is 10.5 Å². The van der Waals surface area contributed by atoms with Gasteiger partial charge in [0.2, 0.25) is 5.91 Å². The van der Waals surface area contributed by atoms with Crippen molar-refractivity contribution in [2.75, 3.05) is 13.1 Å². The number of nitrogens with zero attached hydrogens (tertiary/aromatic N) is 1. The first-order chi connectivity index (χ1) is 13.0. The molecule has 3 fully saturated rings. The number of ether oxygens (including phenoxy) is 1. The molecule has 0 spiro atoms. The molecule has 2 saturated carbocycles. The van der Waals surface area contributed by atoms with E-state index in [4.69, 9.17) is 10.5 Å². The highest BCUT2D eigenvalue weighted by Gasteiger charge is 2.42. The standard InChI is InChI=1S/C23H34N2O2.ClH/c1-15-6-7-21(12-16(15)2)27-20-8-10-25(11-9-20)23(26)19-13-17-4-3-5-18(14-19)22(17)24;/h6-7,12,17-20,22H,3-5,8-11,13-14,24H2,1-2H3;1H. The minimum absolute atomic E-state index is 0. The van der Waals surface area contributed by atoms with Crippen LogP contribution in [0.3, 0.4) is 0 Å². The van der Waals surface area contributed by atoms with E-state index in [0.717, 1.165) is 44.5 Å². The molecule has 3 aliphatic rings. The second kappa shape index (κ2) is 9.04. The quantitative estimate of drug-likeness (QED) is 0.816. The lowest BCUT2D eigenvalue weighted by Gasteiger charge is -2.45. The maximum absolute atomic E-state index is 13.1. The SMILES string of the molecule is Cc1ccc(OC2CCN(C(=O)C3CC4CCCC(C3)C4N)CC2)cc1C.Cl. The van der Waals surface area contributed by atoms with E-state index in [-0.39, 0.29) is 24.4 Å². The van der Waals surface area contributed by atoms with Gasteiger partial charge in [0.15, 0.2) is 0 Å². The van der Waals surface area contributed by atoms with Crippen molar-refractivity contribution >= 4 is 18.3 Å². The van der Waals surface area contributed by atoms with Crippen molar-refractivity contribution in [1.82, 2.24) is 4.90 Å². The van der Waals surface area contributed by atoms with Crippen molar-refractivity contribution in [3.05, 3.63) is 29.3 Å². The molecule has 2 atom stereocenters. The number of halogens is 1. The van der Waals surface area contributed by atoms with Gasteiger partial charge < -0.3 is 15.4 Å². The number of benzene rings is 1. The molecular formula is C23H35ClN2O2. The number of aryl methyl sites for hydroxylation is 2. The second-order valence-corrected chi connectivity index (χ2v) is 9.09. The molecule has 156 valence electrons. The molecule has 4 nitrogen and oxygen atoms in total. The molecule has 2 bridgehead atoms. The zero-order valence-electron chi connectivity index (χ0n) is 17.2. The van der Waals surface area contributed by atoms with Gasteiger partial charge in [-0.3, -0.25) is 4.79 Å². The van der Waals surface area contributed by atoms with Crippen LogP contribution in [-0.4, -0.2) is 36.0 Å². The van der Waals surface area contributed by atoms with Crippen molar-refractivity contribution in [2.24, 2.45) is 23.5 Å². The average Bonchev–Trinajstić information content (AvgIpc) is 2.65. The van der Waals surface area contributed by atoms with Crippen LogP contribution in [0.1, 0.15) is 56.1 Å². The fourth-order valence-electron chi connectivity index (χ4n) is 5.42. The molecule has 2 N–H and O–H groups in total. The van der Waals surface area contributed by atoms with Crippen LogP contribution in [0.5, 0.6) is 5.75 Å². The van der Waals surface area contributed by atoms with E-state index in [0.29, 0.717) is 23.8 Å². The first kappa shape index (κ1) is 21.4. The molecule has 1 aromatic carbocycles. The molecule has 0 radical (unpaired) electrons. The largest absolute Gasteiger partial charge is 0.490 e. The summed E-state index contributed by atoms with van der Waals surface area (Å²) in [5.41, 5.74) is 8.95. The van der Waals surface area contributed by atoms with Crippen LogP contribution in [0.2, 0.25) is 0 Å². The Morgan fingerprint density at radius 2 is 1.68 bits per heavy atom. The lowest BCUT2D eigenvalue weighted by molar-refractivity contribution is -0.140. The molecule has 2 aliphatic carbocycles. The Labute approximate surface area is 175 Å². The van der Waals surface area contributed by atoms with Gasteiger partial charge in [-0.15, -0.1) is 12.4 Å².